The molecular formula is C9H11ClN2O4. The molecule has 0 aliphatic rings. The van der Waals surface area contributed by atoms with Crippen molar-refractivity contribution in [1.29, 1.82) is 0 Å². The molecule has 0 aliphatic carbocycles. The van der Waals surface area contributed by atoms with Crippen LogP contribution in [0.5, 0.6) is 0 Å². The number of hydrogen-bond acceptors (Lipinski definition) is 4. The molecule has 6 nitrogen and oxygen atoms in total. The van der Waals surface area contributed by atoms with Crippen LogP contribution >= 0.6 is 11.6 Å². The quantitative estimate of drug-likeness (QED) is 0.770. The maximum absolute atomic E-state index is 11.3. The van der Waals surface area contributed by atoms with Gasteiger partial charge in [-0.15, -0.1) is 0 Å². The third-order valence-electron chi connectivity index (χ3n) is 1.63. The Labute approximate surface area is 95.8 Å². The second kappa shape index (κ2) is 4.98. The van der Waals surface area contributed by atoms with Crippen LogP contribution < -0.4 is 11.2 Å². The van der Waals surface area contributed by atoms with Crippen molar-refractivity contribution < 1.29 is 9.53 Å². The highest BCUT2D eigenvalue weighted by atomic mass is 35.5. The molecule has 0 aromatic carbocycles. The number of halogens is 1. The van der Waals surface area contributed by atoms with E-state index >= 15 is 0 Å². The summed E-state index contributed by atoms with van der Waals surface area (Å²) in [5.74, 6) is -0.569. The minimum Gasteiger partial charge on any atom is -0.462 e. The van der Waals surface area contributed by atoms with Gasteiger partial charge in [-0.2, -0.15) is 0 Å². The van der Waals surface area contributed by atoms with Crippen LogP contribution in [0, 0.1) is 0 Å². The molecule has 0 saturated heterocycles. The van der Waals surface area contributed by atoms with Crippen molar-refractivity contribution in [2.45, 2.75) is 26.5 Å². The molecule has 88 valence electrons. The number of aromatic nitrogens is 2. The van der Waals surface area contributed by atoms with E-state index in [2.05, 4.69) is 0 Å². The Morgan fingerprint density at radius 1 is 1.56 bits per heavy atom. The van der Waals surface area contributed by atoms with E-state index in [0.29, 0.717) is 0 Å². The van der Waals surface area contributed by atoms with Gasteiger partial charge in [0.1, 0.15) is 11.6 Å². The first-order valence-electron chi connectivity index (χ1n) is 4.59. The van der Waals surface area contributed by atoms with Crippen LogP contribution in [0.15, 0.2) is 15.8 Å². The lowest BCUT2D eigenvalue weighted by Gasteiger charge is -2.08. The Kier molecular flexibility index (Phi) is 3.89. The number of esters is 1. The van der Waals surface area contributed by atoms with E-state index in [1.54, 1.807) is 13.8 Å². The molecule has 0 spiro atoms. The first-order chi connectivity index (χ1) is 7.40. The highest BCUT2D eigenvalue weighted by Crippen LogP contribution is 1.97. The second-order valence-electron chi connectivity index (χ2n) is 3.40. The Hall–Kier alpha value is -1.56. The molecule has 0 radical (unpaired) electrons. The fraction of sp³-hybridized carbons (Fsp3) is 0.444. The zero-order chi connectivity index (χ0) is 12.3. The third kappa shape index (κ3) is 3.23. The Bertz CT molecular complexity index is 503. The van der Waals surface area contributed by atoms with Crippen molar-refractivity contribution in [3.63, 3.8) is 0 Å². The topological polar surface area (TPSA) is 81.2 Å². The van der Waals surface area contributed by atoms with Gasteiger partial charge in [-0.1, -0.05) is 11.6 Å². The van der Waals surface area contributed by atoms with Crippen LogP contribution in [0.3, 0.4) is 0 Å². The molecule has 1 N–H and O–H groups in total. The molecule has 1 aromatic rings. The molecule has 0 amide bonds. The van der Waals surface area contributed by atoms with E-state index in [0.717, 1.165) is 10.8 Å². The summed E-state index contributed by atoms with van der Waals surface area (Å²) < 4.78 is 5.83. The number of H-pyrrole nitrogens is 1. The van der Waals surface area contributed by atoms with Crippen LogP contribution in [0.1, 0.15) is 13.8 Å². The van der Waals surface area contributed by atoms with Crippen molar-refractivity contribution >= 4 is 17.6 Å². The first kappa shape index (κ1) is 12.5. The van der Waals surface area contributed by atoms with E-state index < -0.39 is 17.2 Å². The lowest BCUT2D eigenvalue weighted by molar-refractivity contribution is -0.148. The van der Waals surface area contributed by atoms with Gasteiger partial charge in [-0.05, 0) is 13.8 Å². The standard InChI is InChI=1S/C9H11ClN2O4/c1-5(2)16-7(13)4-12-3-6(10)8(14)11-9(12)15/h3,5H,4H2,1-2H3,(H,11,14,15). The smallest absolute Gasteiger partial charge is 0.328 e. The molecule has 16 heavy (non-hydrogen) atoms. The predicted molar refractivity (Wildman–Crippen MR) is 57.6 cm³/mol. The molecule has 0 bridgehead atoms. The third-order valence-corrected chi connectivity index (χ3v) is 1.90. The molecule has 1 heterocycles. The fourth-order valence-corrected chi connectivity index (χ4v) is 1.20. The molecule has 0 atom stereocenters. The van der Waals surface area contributed by atoms with Crippen LogP contribution in [-0.2, 0) is 16.1 Å². The largest absolute Gasteiger partial charge is 0.462 e. The first-order valence-corrected chi connectivity index (χ1v) is 4.96. The SMILES string of the molecule is CC(C)OC(=O)Cn1cc(Cl)c(=O)[nH]c1=O. The van der Waals surface area contributed by atoms with Gasteiger partial charge in [-0.25, -0.2) is 4.79 Å². The Morgan fingerprint density at radius 3 is 2.75 bits per heavy atom. The maximum atomic E-state index is 11.3. The molecular weight excluding hydrogens is 236 g/mol. The van der Waals surface area contributed by atoms with Crippen molar-refractivity contribution in [2.75, 3.05) is 0 Å². The summed E-state index contributed by atoms with van der Waals surface area (Å²) in [6.07, 6.45) is 0.839. The van der Waals surface area contributed by atoms with Gasteiger partial charge in [0.05, 0.1) is 6.10 Å². The minimum atomic E-state index is -0.699. The van der Waals surface area contributed by atoms with Crippen LogP contribution in [0.2, 0.25) is 5.02 Å². The molecule has 0 unspecified atom stereocenters. The monoisotopic (exact) mass is 246 g/mol. The molecule has 1 rings (SSSR count). The van der Waals surface area contributed by atoms with Crippen LogP contribution in [0.25, 0.3) is 0 Å². The zero-order valence-corrected chi connectivity index (χ0v) is 9.58. The Balaban J connectivity index is 2.90. The number of aromatic amines is 1. The van der Waals surface area contributed by atoms with Crippen molar-refractivity contribution in [1.82, 2.24) is 9.55 Å². The van der Waals surface area contributed by atoms with Gasteiger partial charge in [0, 0.05) is 6.20 Å². The number of nitrogens with zero attached hydrogens (tertiary/aromatic N) is 1. The van der Waals surface area contributed by atoms with E-state index in [1.807, 2.05) is 4.98 Å². The number of hydrogen-bond donors (Lipinski definition) is 1. The normalized spacial score (nSPS) is 10.5. The number of carbonyl (C=O) groups excluding carboxylic acids is 1. The summed E-state index contributed by atoms with van der Waals surface area (Å²) >= 11 is 5.52. The van der Waals surface area contributed by atoms with Crippen molar-refractivity contribution in [3.8, 4) is 0 Å². The summed E-state index contributed by atoms with van der Waals surface area (Å²) in [5.41, 5.74) is -1.38. The summed E-state index contributed by atoms with van der Waals surface area (Å²) in [7, 11) is 0. The van der Waals surface area contributed by atoms with Crippen LogP contribution in [0.4, 0.5) is 0 Å². The van der Waals surface area contributed by atoms with Gasteiger partial charge < -0.3 is 4.74 Å². The van der Waals surface area contributed by atoms with Gasteiger partial charge in [0.15, 0.2) is 0 Å². The van der Waals surface area contributed by atoms with E-state index in [4.69, 9.17) is 16.3 Å². The summed E-state index contributed by atoms with van der Waals surface area (Å²) in [5, 5.41) is -0.156. The number of carbonyl (C=O) groups is 1. The average Bonchev–Trinajstić information content (AvgIpc) is 2.12. The number of nitrogens with one attached hydrogen (secondary N) is 1. The van der Waals surface area contributed by atoms with Gasteiger partial charge >= 0.3 is 11.7 Å². The number of ether oxygens (including phenoxy) is 1. The van der Waals surface area contributed by atoms with Gasteiger partial charge in [0.2, 0.25) is 0 Å². The van der Waals surface area contributed by atoms with E-state index in [9.17, 15) is 14.4 Å². The molecule has 0 saturated carbocycles. The molecule has 1 aromatic heterocycles. The second-order valence-corrected chi connectivity index (χ2v) is 3.81. The summed E-state index contributed by atoms with van der Waals surface area (Å²) in [6.45, 7) is 3.11. The van der Waals surface area contributed by atoms with Crippen molar-refractivity contribution in [2.24, 2.45) is 0 Å². The van der Waals surface area contributed by atoms with Gasteiger partial charge in [0.25, 0.3) is 5.56 Å². The Morgan fingerprint density at radius 2 is 2.19 bits per heavy atom. The molecule has 0 fully saturated rings. The number of rotatable bonds is 3. The van der Waals surface area contributed by atoms with Crippen molar-refractivity contribution in [3.05, 3.63) is 32.1 Å². The molecule has 7 heteroatoms. The van der Waals surface area contributed by atoms with E-state index in [-0.39, 0.29) is 17.7 Å². The van der Waals surface area contributed by atoms with Gasteiger partial charge in [-0.3, -0.25) is 19.1 Å². The lowest BCUT2D eigenvalue weighted by atomic mass is 10.5. The fourth-order valence-electron chi connectivity index (χ4n) is 1.04. The highest BCUT2D eigenvalue weighted by molar-refractivity contribution is 6.30. The van der Waals surface area contributed by atoms with E-state index in [1.165, 1.54) is 0 Å². The predicted octanol–water partition coefficient (Wildman–Crippen LogP) is 0.142. The lowest BCUT2D eigenvalue weighted by Crippen LogP contribution is -2.32. The zero-order valence-electron chi connectivity index (χ0n) is 8.82. The summed E-state index contributed by atoms with van der Waals surface area (Å²) in [6, 6.07) is 0. The maximum Gasteiger partial charge on any atom is 0.328 e. The summed E-state index contributed by atoms with van der Waals surface area (Å²) in [4.78, 5) is 35.4. The molecule has 0 aliphatic heterocycles. The van der Waals surface area contributed by atoms with Crippen LogP contribution in [-0.4, -0.2) is 21.6 Å². The highest BCUT2D eigenvalue weighted by Gasteiger charge is 2.09. The minimum absolute atomic E-state index is 0.156. The average molecular weight is 247 g/mol.